The van der Waals surface area contributed by atoms with Gasteiger partial charge in [0.1, 0.15) is 0 Å². The van der Waals surface area contributed by atoms with Gasteiger partial charge in [0.25, 0.3) is 0 Å². The Balaban J connectivity index is 2.86. The van der Waals surface area contributed by atoms with Crippen molar-refractivity contribution in [2.45, 2.75) is 57.7 Å². The molecule has 83 valence electrons. The van der Waals surface area contributed by atoms with E-state index in [9.17, 15) is 5.21 Å². The van der Waals surface area contributed by atoms with E-state index < -0.39 is 0 Å². The largest absolute Gasteiger partial charge is 0.306 e. The standard InChI is InChI=1S/C11H23N2O/c1-10(2)7-9(12(5)6)8-11(3,4)13(10)14/h9H,7-8H2,1-6H3. The Hall–Kier alpha value is -0.120. The molecule has 14 heavy (non-hydrogen) atoms. The second-order valence-corrected chi connectivity index (χ2v) is 5.94. The summed E-state index contributed by atoms with van der Waals surface area (Å²) in [6.07, 6.45) is 1.90. The van der Waals surface area contributed by atoms with Gasteiger partial charge in [0.2, 0.25) is 0 Å². The van der Waals surface area contributed by atoms with Crippen molar-refractivity contribution in [2.24, 2.45) is 0 Å². The molecule has 1 rings (SSSR count). The summed E-state index contributed by atoms with van der Waals surface area (Å²) in [5.41, 5.74) is -0.479. The average molecular weight is 199 g/mol. The van der Waals surface area contributed by atoms with Crippen LogP contribution in [0.1, 0.15) is 40.5 Å². The molecule has 0 spiro atoms. The number of hydrogen-bond donors (Lipinski definition) is 0. The van der Waals surface area contributed by atoms with Crippen LogP contribution >= 0.6 is 0 Å². The van der Waals surface area contributed by atoms with Gasteiger partial charge < -0.3 is 4.90 Å². The maximum Gasteiger partial charge on any atom is 0.0458 e. The van der Waals surface area contributed by atoms with Crippen LogP contribution in [-0.4, -0.2) is 41.2 Å². The van der Waals surface area contributed by atoms with Gasteiger partial charge in [-0.25, -0.2) is 0 Å². The van der Waals surface area contributed by atoms with Crippen LogP contribution in [0.2, 0.25) is 0 Å². The zero-order valence-electron chi connectivity index (χ0n) is 10.3. The SMILES string of the molecule is CN(C)C1CC(C)(C)N([O])C(C)(C)C1. The Labute approximate surface area is 87.7 Å². The van der Waals surface area contributed by atoms with Gasteiger partial charge in [-0.3, -0.25) is 0 Å². The van der Waals surface area contributed by atoms with E-state index in [1.807, 2.05) is 27.7 Å². The van der Waals surface area contributed by atoms with Gasteiger partial charge in [0.15, 0.2) is 0 Å². The summed E-state index contributed by atoms with van der Waals surface area (Å²) in [6.45, 7) is 8.16. The van der Waals surface area contributed by atoms with Gasteiger partial charge in [0.05, 0.1) is 0 Å². The van der Waals surface area contributed by atoms with E-state index >= 15 is 0 Å². The molecule has 3 heteroatoms. The Bertz CT molecular complexity index is 193. The average Bonchev–Trinajstić information content (AvgIpc) is 1.98. The Morgan fingerprint density at radius 3 is 1.71 bits per heavy atom. The fourth-order valence-corrected chi connectivity index (χ4v) is 2.58. The van der Waals surface area contributed by atoms with Crippen molar-refractivity contribution in [3.05, 3.63) is 0 Å². The number of hydroxylamine groups is 2. The number of hydrogen-bond acceptors (Lipinski definition) is 2. The first kappa shape index (κ1) is 12.0. The summed E-state index contributed by atoms with van der Waals surface area (Å²) in [6, 6.07) is 0.519. The predicted molar refractivity (Wildman–Crippen MR) is 57.4 cm³/mol. The molecule has 1 radical (unpaired) electrons. The molecule has 0 aromatic carbocycles. The van der Waals surface area contributed by atoms with E-state index in [0.29, 0.717) is 6.04 Å². The van der Waals surface area contributed by atoms with E-state index in [2.05, 4.69) is 19.0 Å². The highest BCUT2D eigenvalue weighted by Crippen LogP contribution is 2.38. The van der Waals surface area contributed by atoms with Crippen molar-refractivity contribution in [3.63, 3.8) is 0 Å². The normalized spacial score (nSPS) is 28.3. The van der Waals surface area contributed by atoms with Crippen LogP contribution in [0.3, 0.4) is 0 Å². The summed E-state index contributed by atoms with van der Waals surface area (Å²) in [4.78, 5) is 2.23. The van der Waals surface area contributed by atoms with Crippen LogP contribution in [0.5, 0.6) is 0 Å². The van der Waals surface area contributed by atoms with Crippen LogP contribution in [0, 0.1) is 0 Å². The molecule has 0 bridgehead atoms. The van der Waals surface area contributed by atoms with Gasteiger partial charge in [-0.05, 0) is 54.6 Å². The van der Waals surface area contributed by atoms with Crippen molar-refractivity contribution in [3.8, 4) is 0 Å². The monoisotopic (exact) mass is 199 g/mol. The van der Waals surface area contributed by atoms with Crippen LogP contribution in [0.25, 0.3) is 0 Å². The zero-order valence-corrected chi connectivity index (χ0v) is 10.3. The maximum absolute atomic E-state index is 12.0. The van der Waals surface area contributed by atoms with E-state index in [0.717, 1.165) is 12.8 Å². The molecule has 0 atom stereocenters. The summed E-state index contributed by atoms with van der Waals surface area (Å²) in [5.74, 6) is 0. The third kappa shape index (κ3) is 2.10. The summed E-state index contributed by atoms with van der Waals surface area (Å²) >= 11 is 0. The summed E-state index contributed by atoms with van der Waals surface area (Å²) in [5, 5.41) is 13.3. The lowest BCUT2D eigenvalue weighted by molar-refractivity contribution is -0.293. The van der Waals surface area contributed by atoms with Crippen LogP contribution in [0.4, 0.5) is 0 Å². The number of piperidine rings is 1. The Morgan fingerprint density at radius 2 is 1.43 bits per heavy atom. The Kier molecular flexibility index (Phi) is 2.96. The lowest BCUT2D eigenvalue weighted by Crippen LogP contribution is -2.61. The fourth-order valence-electron chi connectivity index (χ4n) is 2.58. The third-order valence-corrected chi connectivity index (χ3v) is 3.30. The summed E-state index contributed by atoms with van der Waals surface area (Å²) < 4.78 is 0. The van der Waals surface area contributed by atoms with Gasteiger partial charge in [-0.1, -0.05) is 0 Å². The molecule has 0 saturated carbocycles. The van der Waals surface area contributed by atoms with Crippen LogP contribution in [0.15, 0.2) is 0 Å². The first-order valence-electron chi connectivity index (χ1n) is 5.31. The lowest BCUT2D eigenvalue weighted by Gasteiger charge is -2.51. The van der Waals surface area contributed by atoms with E-state index in [-0.39, 0.29) is 11.1 Å². The van der Waals surface area contributed by atoms with Crippen molar-refractivity contribution in [2.75, 3.05) is 14.1 Å². The highest BCUT2D eigenvalue weighted by molar-refractivity contribution is 4.98. The minimum Gasteiger partial charge on any atom is -0.306 e. The lowest BCUT2D eigenvalue weighted by atomic mass is 9.78. The highest BCUT2D eigenvalue weighted by atomic mass is 16.5. The minimum absolute atomic E-state index is 0.239. The third-order valence-electron chi connectivity index (χ3n) is 3.30. The van der Waals surface area contributed by atoms with Gasteiger partial charge >= 0.3 is 0 Å². The number of rotatable bonds is 1. The molecule has 1 aliphatic heterocycles. The van der Waals surface area contributed by atoms with Crippen LogP contribution < -0.4 is 0 Å². The molecule has 0 unspecified atom stereocenters. The van der Waals surface area contributed by atoms with Crippen molar-refractivity contribution in [1.82, 2.24) is 9.96 Å². The van der Waals surface area contributed by atoms with E-state index in [1.165, 1.54) is 5.06 Å². The van der Waals surface area contributed by atoms with Crippen molar-refractivity contribution >= 4 is 0 Å². The number of nitrogens with zero attached hydrogens (tertiary/aromatic N) is 2. The first-order chi connectivity index (χ1) is 6.17. The molecule has 0 aromatic rings. The first-order valence-corrected chi connectivity index (χ1v) is 5.31. The van der Waals surface area contributed by atoms with Crippen molar-refractivity contribution < 1.29 is 5.21 Å². The molecule has 0 amide bonds. The molecular formula is C11H23N2O. The molecule has 0 aromatic heterocycles. The Morgan fingerprint density at radius 1 is 1.07 bits per heavy atom. The quantitative estimate of drug-likeness (QED) is 0.645. The molecule has 1 aliphatic rings. The second-order valence-electron chi connectivity index (χ2n) is 5.94. The highest BCUT2D eigenvalue weighted by Gasteiger charge is 2.46. The molecule has 1 saturated heterocycles. The molecular weight excluding hydrogens is 176 g/mol. The van der Waals surface area contributed by atoms with Gasteiger partial charge in [0, 0.05) is 17.1 Å². The molecule has 1 heterocycles. The molecule has 3 nitrogen and oxygen atoms in total. The predicted octanol–water partition coefficient (Wildman–Crippen LogP) is 1.92. The van der Waals surface area contributed by atoms with E-state index in [1.54, 1.807) is 0 Å². The minimum atomic E-state index is -0.239. The second kappa shape index (κ2) is 3.47. The van der Waals surface area contributed by atoms with Crippen LogP contribution in [-0.2, 0) is 5.21 Å². The smallest absolute Gasteiger partial charge is 0.0458 e. The molecule has 0 aliphatic carbocycles. The van der Waals surface area contributed by atoms with Crippen molar-refractivity contribution in [1.29, 1.82) is 0 Å². The summed E-state index contributed by atoms with van der Waals surface area (Å²) in [7, 11) is 4.19. The topological polar surface area (TPSA) is 26.4 Å². The molecule has 0 N–H and O–H groups in total. The van der Waals surface area contributed by atoms with Gasteiger partial charge in [-0.2, -0.15) is 0 Å². The zero-order chi connectivity index (χ0) is 11.1. The maximum atomic E-state index is 12.0. The fraction of sp³-hybridized carbons (Fsp3) is 1.00. The van der Waals surface area contributed by atoms with E-state index in [4.69, 9.17) is 0 Å². The van der Waals surface area contributed by atoms with Gasteiger partial charge in [-0.15, -0.1) is 10.3 Å². The molecule has 1 fully saturated rings.